The van der Waals surface area contributed by atoms with Crippen LogP contribution in [0.15, 0.2) is 58.6 Å². The number of nitrogens with zero attached hydrogens (tertiary/aromatic N) is 1. The average Bonchev–Trinajstić information content (AvgIpc) is 2.62. The van der Waals surface area contributed by atoms with Crippen molar-refractivity contribution in [1.29, 1.82) is 0 Å². The van der Waals surface area contributed by atoms with E-state index >= 15 is 0 Å². The number of anilines is 1. The zero-order chi connectivity index (χ0) is 18.4. The largest absolute Gasteiger partial charge is 0.497 e. The number of amides is 1. The summed E-state index contributed by atoms with van der Waals surface area (Å²) in [6, 6.07) is 11.4. The van der Waals surface area contributed by atoms with Crippen molar-refractivity contribution in [2.45, 2.75) is 17.4 Å². The third-order valence-electron chi connectivity index (χ3n) is 3.42. The molecule has 0 aromatic heterocycles. The lowest BCUT2D eigenvalue weighted by Gasteiger charge is -2.10. The number of nitrogens with one attached hydrogen (secondary N) is 1. The number of sulfonamides is 1. The van der Waals surface area contributed by atoms with E-state index in [2.05, 4.69) is 9.90 Å². The van der Waals surface area contributed by atoms with E-state index in [0.29, 0.717) is 17.0 Å². The molecule has 0 fully saturated rings. The number of rotatable bonds is 7. The molecule has 0 radical (unpaired) electrons. The van der Waals surface area contributed by atoms with Crippen LogP contribution in [0.3, 0.4) is 0 Å². The molecule has 0 saturated heterocycles. The van der Waals surface area contributed by atoms with Gasteiger partial charge in [0.15, 0.2) is 0 Å². The molecule has 0 saturated carbocycles. The fourth-order valence-electron chi connectivity index (χ4n) is 2.10. The van der Waals surface area contributed by atoms with Gasteiger partial charge in [0.25, 0.3) is 10.0 Å². The summed E-state index contributed by atoms with van der Waals surface area (Å²) in [7, 11) is -2.31. The number of nitrogens with two attached hydrogens (primary N) is 1. The molecule has 132 valence electrons. The lowest BCUT2D eigenvalue weighted by molar-refractivity contribution is -0.119. The fraction of sp³-hybridized carbons (Fsp3) is 0.188. The highest BCUT2D eigenvalue weighted by molar-refractivity contribution is 7.92. The summed E-state index contributed by atoms with van der Waals surface area (Å²) in [6.45, 7) is 0. The fourth-order valence-corrected chi connectivity index (χ4v) is 3.19. The van der Waals surface area contributed by atoms with Crippen LogP contribution in [0.25, 0.3) is 0 Å². The molecule has 3 N–H and O–H groups in total. The van der Waals surface area contributed by atoms with Crippen LogP contribution in [0.4, 0.5) is 5.69 Å². The molecule has 8 nitrogen and oxygen atoms in total. The monoisotopic (exact) mass is 363 g/mol. The third-order valence-corrected chi connectivity index (χ3v) is 4.80. The Kier molecular flexibility index (Phi) is 5.84. The zero-order valence-corrected chi connectivity index (χ0v) is 14.2. The highest BCUT2D eigenvalue weighted by Gasteiger charge is 2.16. The molecule has 0 aliphatic rings. The van der Waals surface area contributed by atoms with E-state index in [4.69, 9.17) is 10.5 Å². The number of nitroso groups, excluding NO2 is 1. The van der Waals surface area contributed by atoms with Crippen molar-refractivity contribution in [2.75, 3.05) is 11.8 Å². The molecular formula is C16H17N3O5S. The predicted octanol–water partition coefficient (Wildman–Crippen LogP) is 1.66. The number of benzene rings is 2. The summed E-state index contributed by atoms with van der Waals surface area (Å²) < 4.78 is 32.2. The molecule has 2 aromatic rings. The minimum atomic E-state index is -3.76. The second-order valence-electron chi connectivity index (χ2n) is 5.22. The van der Waals surface area contributed by atoms with Crippen LogP contribution in [0.2, 0.25) is 0 Å². The highest BCUT2D eigenvalue weighted by Crippen LogP contribution is 2.20. The first-order chi connectivity index (χ1) is 11.9. The Hall–Kier alpha value is -2.78. The van der Waals surface area contributed by atoms with Gasteiger partial charge in [-0.05, 0) is 36.2 Å². The van der Waals surface area contributed by atoms with Crippen LogP contribution in [0, 0.1) is 4.91 Å². The molecule has 0 aliphatic heterocycles. The first-order valence-corrected chi connectivity index (χ1v) is 8.72. The summed E-state index contributed by atoms with van der Waals surface area (Å²) in [5.41, 5.74) is 6.56. The van der Waals surface area contributed by atoms with Gasteiger partial charge in [-0.25, -0.2) is 8.42 Å². The number of carbonyl (C=O) groups is 1. The van der Waals surface area contributed by atoms with Gasteiger partial charge in [0.2, 0.25) is 0 Å². The molecule has 0 unspecified atom stereocenters. The van der Waals surface area contributed by atoms with Crippen molar-refractivity contribution >= 4 is 21.6 Å². The second kappa shape index (κ2) is 7.86. The second-order valence-corrected chi connectivity index (χ2v) is 6.90. The van der Waals surface area contributed by atoms with E-state index in [9.17, 15) is 18.1 Å². The lowest BCUT2D eigenvalue weighted by atomic mass is 10.1. The van der Waals surface area contributed by atoms with E-state index in [0.717, 1.165) is 0 Å². The topological polar surface area (TPSA) is 128 Å². The number of hydrogen-bond acceptors (Lipinski definition) is 6. The smallest absolute Gasteiger partial charge is 0.303 e. The first-order valence-electron chi connectivity index (χ1n) is 7.24. The Labute approximate surface area is 145 Å². The minimum Gasteiger partial charge on any atom is -0.497 e. The summed E-state index contributed by atoms with van der Waals surface area (Å²) in [4.78, 5) is 21.3. The maximum atomic E-state index is 12.4. The Morgan fingerprint density at radius 3 is 2.52 bits per heavy atom. The molecule has 0 heterocycles. The molecule has 2 aromatic carbocycles. The van der Waals surface area contributed by atoms with Crippen molar-refractivity contribution in [3.63, 3.8) is 0 Å². The van der Waals surface area contributed by atoms with Crippen LogP contribution >= 0.6 is 0 Å². The van der Waals surface area contributed by atoms with Crippen molar-refractivity contribution in [3.05, 3.63) is 59.0 Å². The van der Waals surface area contributed by atoms with Crippen LogP contribution in [-0.4, -0.2) is 27.5 Å². The first kappa shape index (κ1) is 18.6. The maximum Gasteiger partial charge on any atom is 0.303 e. The molecule has 0 aliphatic carbocycles. The summed E-state index contributed by atoms with van der Waals surface area (Å²) in [5, 5.41) is 2.28. The van der Waals surface area contributed by atoms with Gasteiger partial charge in [-0.15, -0.1) is 4.91 Å². The van der Waals surface area contributed by atoms with Crippen LogP contribution in [0.5, 0.6) is 5.75 Å². The lowest BCUT2D eigenvalue weighted by Crippen LogP contribution is -2.31. The molecule has 0 spiro atoms. The van der Waals surface area contributed by atoms with Gasteiger partial charge >= 0.3 is 5.91 Å². The highest BCUT2D eigenvalue weighted by atomic mass is 32.2. The van der Waals surface area contributed by atoms with Crippen molar-refractivity contribution in [2.24, 2.45) is 10.9 Å². The predicted molar refractivity (Wildman–Crippen MR) is 92.7 cm³/mol. The summed E-state index contributed by atoms with van der Waals surface area (Å²) in [6.07, 6.45) is 0.132. The molecule has 0 bridgehead atoms. The maximum absolute atomic E-state index is 12.4. The number of carbonyl (C=O) groups excluding carboxylic acids is 1. The molecule has 9 heteroatoms. The number of methoxy groups -OCH3 is 1. The minimum absolute atomic E-state index is 0.0700. The van der Waals surface area contributed by atoms with Gasteiger partial charge in [-0.1, -0.05) is 18.2 Å². The molecule has 25 heavy (non-hydrogen) atoms. The van der Waals surface area contributed by atoms with Crippen molar-refractivity contribution < 1.29 is 17.9 Å². The van der Waals surface area contributed by atoms with Gasteiger partial charge in [0.1, 0.15) is 5.75 Å². The normalized spacial score (nSPS) is 12.2. The average molecular weight is 363 g/mol. The van der Waals surface area contributed by atoms with E-state index in [1.807, 2.05) is 0 Å². The Morgan fingerprint density at radius 1 is 1.24 bits per heavy atom. The number of ether oxygens (including phenoxy) is 1. The van der Waals surface area contributed by atoms with Gasteiger partial charge in [0, 0.05) is 16.9 Å². The van der Waals surface area contributed by atoms with Crippen molar-refractivity contribution in [3.8, 4) is 5.75 Å². The van der Waals surface area contributed by atoms with Crippen LogP contribution < -0.4 is 15.2 Å². The van der Waals surface area contributed by atoms with Crippen LogP contribution in [0.1, 0.15) is 5.56 Å². The van der Waals surface area contributed by atoms with Crippen molar-refractivity contribution in [1.82, 2.24) is 0 Å². The quantitative estimate of drug-likeness (QED) is 0.720. The molecular weight excluding hydrogens is 346 g/mol. The van der Waals surface area contributed by atoms with E-state index in [1.165, 1.54) is 19.2 Å². The SMILES string of the molecule is COc1cccc(S(=O)(=O)Nc2ccc(C[C@H](N)C(=O)N=O)cc2)c1. The summed E-state index contributed by atoms with van der Waals surface area (Å²) >= 11 is 0. The molecule has 1 atom stereocenters. The Morgan fingerprint density at radius 2 is 1.92 bits per heavy atom. The van der Waals surface area contributed by atoms with E-state index in [1.54, 1.807) is 36.4 Å². The summed E-state index contributed by atoms with van der Waals surface area (Å²) in [5.74, 6) is -0.497. The Bertz CT molecular complexity index is 866. The number of hydrogen-bond donors (Lipinski definition) is 2. The van der Waals surface area contributed by atoms with E-state index < -0.39 is 22.0 Å². The van der Waals surface area contributed by atoms with Gasteiger partial charge in [-0.2, -0.15) is 0 Å². The van der Waals surface area contributed by atoms with Crippen LogP contribution in [-0.2, 0) is 21.2 Å². The van der Waals surface area contributed by atoms with Gasteiger partial charge in [0.05, 0.1) is 18.0 Å². The van der Waals surface area contributed by atoms with E-state index in [-0.39, 0.29) is 11.3 Å². The van der Waals surface area contributed by atoms with Gasteiger partial charge < -0.3 is 10.5 Å². The van der Waals surface area contributed by atoms with Gasteiger partial charge in [-0.3, -0.25) is 9.52 Å². The molecule has 1 amide bonds. The zero-order valence-electron chi connectivity index (χ0n) is 13.4. The standard InChI is InChI=1S/C16H17N3O5S/c1-24-13-3-2-4-14(10-13)25(22,23)19-12-7-5-11(6-8-12)9-15(17)16(20)18-21/h2-8,10,15,19H,9,17H2,1H3/t15-/m0/s1. The molecule has 2 rings (SSSR count). The third kappa shape index (κ3) is 4.85. The Balaban J connectivity index is 2.12.